The van der Waals surface area contributed by atoms with Gasteiger partial charge >= 0.3 is 0 Å². The lowest BCUT2D eigenvalue weighted by Gasteiger charge is -2.40. The highest BCUT2D eigenvalue weighted by molar-refractivity contribution is 5.99. The molecule has 1 saturated carbocycles. The number of nitrogens with zero attached hydrogens (tertiary/aromatic N) is 2. The first kappa shape index (κ1) is 23.4. The number of anilines is 1. The number of Topliss-reactive ketones (excluding diaryl/α,β-unsaturated/α-hetero) is 1. The van der Waals surface area contributed by atoms with Crippen LogP contribution in [0.4, 0.5) is 10.1 Å². The highest BCUT2D eigenvalue weighted by atomic mass is 19.1. The van der Waals surface area contributed by atoms with Crippen LogP contribution in [-0.4, -0.2) is 61.8 Å². The van der Waals surface area contributed by atoms with Crippen molar-refractivity contribution < 1.29 is 23.5 Å². The highest BCUT2D eigenvalue weighted by Crippen LogP contribution is 2.34. The van der Waals surface area contributed by atoms with Gasteiger partial charge in [0.25, 0.3) is 5.91 Å². The molecule has 1 N–H and O–H groups in total. The van der Waals surface area contributed by atoms with Crippen LogP contribution in [0, 0.1) is 5.92 Å². The third-order valence-corrected chi connectivity index (χ3v) is 6.38. The number of halogens is 1. The van der Waals surface area contributed by atoms with Crippen molar-refractivity contribution in [1.29, 1.82) is 0 Å². The Bertz CT molecular complexity index is 774. The number of amides is 1. The van der Waals surface area contributed by atoms with E-state index >= 15 is 0 Å². The van der Waals surface area contributed by atoms with E-state index in [2.05, 4.69) is 15.2 Å². The fraction of sp³-hybridized carbons (Fsp3) is 0.696. The lowest BCUT2D eigenvalue weighted by molar-refractivity contribution is -0.125. The van der Waals surface area contributed by atoms with E-state index in [-0.39, 0.29) is 30.4 Å². The van der Waals surface area contributed by atoms with Crippen molar-refractivity contribution in [3.8, 4) is 5.88 Å². The molecule has 1 aromatic heterocycles. The smallest absolute Gasteiger partial charge is 0.270 e. The Hall–Kier alpha value is -2.22. The number of aromatic nitrogens is 1. The molecule has 2 aliphatic rings. The number of hydrogen-bond donors (Lipinski definition) is 1. The molecule has 172 valence electrons. The first-order valence-corrected chi connectivity index (χ1v) is 11.3. The molecule has 31 heavy (non-hydrogen) atoms. The van der Waals surface area contributed by atoms with Gasteiger partial charge in [0.15, 0.2) is 5.78 Å². The van der Waals surface area contributed by atoms with Gasteiger partial charge in [-0.2, -0.15) is 0 Å². The molecule has 1 aliphatic carbocycles. The molecule has 8 heteroatoms. The van der Waals surface area contributed by atoms with E-state index in [1.807, 2.05) is 19.9 Å². The van der Waals surface area contributed by atoms with Crippen molar-refractivity contribution in [2.75, 3.05) is 38.4 Å². The van der Waals surface area contributed by atoms with Crippen molar-refractivity contribution in [2.24, 2.45) is 5.92 Å². The van der Waals surface area contributed by atoms with Crippen LogP contribution in [0.25, 0.3) is 0 Å². The van der Waals surface area contributed by atoms with Crippen LogP contribution in [-0.2, 0) is 9.53 Å². The van der Waals surface area contributed by atoms with Gasteiger partial charge in [0.05, 0.1) is 24.9 Å². The predicted octanol–water partition coefficient (Wildman–Crippen LogP) is 3.31. The molecule has 7 nitrogen and oxygen atoms in total. The molecule has 0 radical (unpaired) electrons. The maximum atomic E-state index is 13.0. The Balaban J connectivity index is 1.77. The number of hydrogen-bond acceptors (Lipinski definition) is 6. The number of rotatable bonds is 13. The average Bonchev–Trinajstić information content (AvgIpc) is 3.58. The van der Waals surface area contributed by atoms with Crippen LogP contribution < -0.4 is 15.0 Å². The van der Waals surface area contributed by atoms with E-state index in [1.54, 1.807) is 13.2 Å². The molecule has 1 amide bonds. The van der Waals surface area contributed by atoms with Crippen LogP contribution in [0.3, 0.4) is 0 Å². The molecule has 1 aromatic rings. The van der Waals surface area contributed by atoms with Gasteiger partial charge in [0.2, 0.25) is 5.88 Å². The molecular formula is C23H34FN3O4. The van der Waals surface area contributed by atoms with Gasteiger partial charge in [0.1, 0.15) is 11.4 Å². The summed E-state index contributed by atoms with van der Waals surface area (Å²) < 4.78 is 23.9. The fourth-order valence-corrected chi connectivity index (χ4v) is 3.81. The maximum Gasteiger partial charge on any atom is 0.270 e. The monoisotopic (exact) mass is 435 g/mol. The lowest BCUT2D eigenvalue weighted by atomic mass is 9.85. The van der Waals surface area contributed by atoms with Gasteiger partial charge in [-0.05, 0) is 50.2 Å². The minimum atomic E-state index is -1.01. The second kappa shape index (κ2) is 10.4. The second-order valence-electron chi connectivity index (χ2n) is 8.50. The molecule has 3 rings (SSSR count). The number of pyridine rings is 1. The minimum Gasteiger partial charge on any atom is -0.476 e. The lowest BCUT2D eigenvalue weighted by Crippen LogP contribution is -2.54. The molecule has 2 heterocycles. The van der Waals surface area contributed by atoms with Crippen molar-refractivity contribution in [3.63, 3.8) is 0 Å². The van der Waals surface area contributed by atoms with Crippen LogP contribution in [0.5, 0.6) is 5.88 Å². The number of ether oxygens (including phenoxy) is 2. The molecule has 1 saturated heterocycles. The minimum absolute atomic E-state index is 0.107. The molecule has 0 aromatic carbocycles. The average molecular weight is 436 g/mol. The van der Waals surface area contributed by atoms with Crippen LogP contribution in [0.1, 0.15) is 62.9 Å². The summed E-state index contributed by atoms with van der Waals surface area (Å²) in [5.41, 5.74) is 0.0508. The number of ketones is 1. The summed E-state index contributed by atoms with van der Waals surface area (Å²) in [6.45, 7) is 5.25. The summed E-state index contributed by atoms with van der Waals surface area (Å²) in [5, 5.41) is 2.89. The van der Waals surface area contributed by atoms with Crippen molar-refractivity contribution >= 4 is 17.4 Å². The Morgan fingerprint density at radius 2 is 1.97 bits per heavy atom. The zero-order valence-corrected chi connectivity index (χ0v) is 18.8. The van der Waals surface area contributed by atoms with Gasteiger partial charge in [0, 0.05) is 26.6 Å². The first-order chi connectivity index (χ1) is 15.0. The Labute approximate surface area is 183 Å². The van der Waals surface area contributed by atoms with Crippen molar-refractivity contribution in [2.45, 2.75) is 64.0 Å². The zero-order valence-electron chi connectivity index (χ0n) is 18.8. The summed E-state index contributed by atoms with van der Waals surface area (Å²) in [5.74, 6) is 0.433. The predicted molar refractivity (Wildman–Crippen MR) is 116 cm³/mol. The number of methoxy groups -OCH3 is 1. The van der Waals surface area contributed by atoms with Gasteiger partial charge < -0.3 is 19.7 Å². The van der Waals surface area contributed by atoms with E-state index < -0.39 is 18.1 Å². The summed E-state index contributed by atoms with van der Waals surface area (Å²) in [6, 6.07) is 3.51. The standard InChI is InChI=1S/C23H34FN3O4/c1-4-23(5-2,20(28)7-6-12-24)26-21(29)18-10-11-19(27-13-17(14-27)30-3)22(25-18)31-15-16-8-9-16/h10-11,16-17H,4-9,12-15H2,1-3H3,(H,26,29). The maximum absolute atomic E-state index is 13.0. The second-order valence-corrected chi connectivity index (χ2v) is 8.50. The van der Waals surface area contributed by atoms with Crippen LogP contribution in [0.2, 0.25) is 0 Å². The summed E-state index contributed by atoms with van der Waals surface area (Å²) >= 11 is 0. The van der Waals surface area contributed by atoms with Gasteiger partial charge in [-0.15, -0.1) is 0 Å². The molecule has 0 spiro atoms. The molecule has 0 bridgehead atoms. The molecule has 1 aliphatic heterocycles. The number of carbonyl (C=O) groups is 2. The third-order valence-electron chi connectivity index (χ3n) is 6.38. The fourth-order valence-electron chi connectivity index (χ4n) is 3.81. The van der Waals surface area contributed by atoms with E-state index in [9.17, 15) is 14.0 Å². The van der Waals surface area contributed by atoms with Gasteiger partial charge in [-0.1, -0.05) is 13.8 Å². The number of carbonyl (C=O) groups excluding carboxylic acids is 2. The van der Waals surface area contributed by atoms with Gasteiger partial charge in [-0.3, -0.25) is 14.0 Å². The zero-order chi connectivity index (χ0) is 22.4. The highest BCUT2D eigenvalue weighted by Gasteiger charge is 2.36. The topological polar surface area (TPSA) is 80.8 Å². The van der Waals surface area contributed by atoms with Crippen molar-refractivity contribution in [3.05, 3.63) is 17.8 Å². The third kappa shape index (κ3) is 5.53. The molecule has 0 unspecified atom stereocenters. The SMILES string of the molecule is CCC(CC)(NC(=O)c1ccc(N2CC(OC)C2)c(OCC2CC2)n1)C(=O)CCCF. The van der Waals surface area contributed by atoms with Crippen molar-refractivity contribution in [1.82, 2.24) is 10.3 Å². The molecule has 0 atom stereocenters. The van der Waals surface area contributed by atoms with Crippen LogP contribution >= 0.6 is 0 Å². The van der Waals surface area contributed by atoms with E-state index in [0.29, 0.717) is 31.2 Å². The molecular weight excluding hydrogens is 401 g/mol. The number of alkyl halides is 1. The summed E-state index contributed by atoms with van der Waals surface area (Å²) in [4.78, 5) is 32.4. The van der Waals surface area contributed by atoms with Gasteiger partial charge in [-0.25, -0.2) is 4.98 Å². The van der Waals surface area contributed by atoms with E-state index in [1.165, 1.54) is 0 Å². The summed E-state index contributed by atoms with van der Waals surface area (Å²) in [7, 11) is 1.70. The number of nitrogens with one attached hydrogen (secondary N) is 1. The van der Waals surface area contributed by atoms with Crippen LogP contribution in [0.15, 0.2) is 12.1 Å². The quantitative estimate of drug-likeness (QED) is 0.512. The van der Waals surface area contributed by atoms with E-state index in [0.717, 1.165) is 31.6 Å². The van der Waals surface area contributed by atoms with E-state index in [4.69, 9.17) is 9.47 Å². The molecule has 2 fully saturated rings. The Kier molecular flexibility index (Phi) is 7.86. The first-order valence-electron chi connectivity index (χ1n) is 11.3. The normalized spacial score (nSPS) is 16.7. The Morgan fingerprint density at radius 3 is 2.55 bits per heavy atom. The summed E-state index contributed by atoms with van der Waals surface area (Å²) in [6.07, 6.45) is 3.65. The Morgan fingerprint density at radius 1 is 1.26 bits per heavy atom. The largest absolute Gasteiger partial charge is 0.476 e.